The van der Waals surface area contributed by atoms with Crippen LogP contribution in [0.2, 0.25) is 0 Å². The summed E-state index contributed by atoms with van der Waals surface area (Å²) in [7, 11) is 0. The van der Waals surface area contributed by atoms with Gasteiger partial charge in [-0.25, -0.2) is 0 Å². The molecule has 0 spiro atoms. The molecule has 106 valence electrons. The molecule has 0 bridgehead atoms. The predicted molar refractivity (Wildman–Crippen MR) is 89.6 cm³/mol. The SMILES string of the molecule is CC(Nc1cccc2cc(Br)cnc12)c1ccc(O)cc1. The average Bonchev–Trinajstić information content (AvgIpc) is 2.47. The summed E-state index contributed by atoms with van der Waals surface area (Å²) in [5.74, 6) is 0.280. The number of nitrogens with one attached hydrogen (secondary N) is 1. The highest BCUT2D eigenvalue weighted by atomic mass is 79.9. The van der Waals surface area contributed by atoms with E-state index in [1.54, 1.807) is 18.3 Å². The monoisotopic (exact) mass is 342 g/mol. The number of aromatic hydroxyl groups is 1. The van der Waals surface area contributed by atoms with Crippen LogP contribution in [0, 0.1) is 0 Å². The van der Waals surface area contributed by atoms with Crippen molar-refractivity contribution in [1.82, 2.24) is 4.98 Å². The number of hydrogen-bond donors (Lipinski definition) is 2. The molecule has 0 radical (unpaired) electrons. The second kappa shape index (κ2) is 5.74. The molecule has 0 saturated heterocycles. The van der Waals surface area contributed by atoms with Crippen molar-refractivity contribution in [3.05, 3.63) is 64.8 Å². The summed E-state index contributed by atoms with van der Waals surface area (Å²) in [5, 5.41) is 13.9. The minimum Gasteiger partial charge on any atom is -0.508 e. The molecule has 3 rings (SSSR count). The number of rotatable bonds is 3. The zero-order valence-corrected chi connectivity index (χ0v) is 13.1. The number of aromatic nitrogens is 1. The molecule has 21 heavy (non-hydrogen) atoms. The van der Waals surface area contributed by atoms with Crippen molar-refractivity contribution in [2.45, 2.75) is 13.0 Å². The van der Waals surface area contributed by atoms with E-state index in [2.05, 4.69) is 39.2 Å². The van der Waals surface area contributed by atoms with Gasteiger partial charge in [-0.3, -0.25) is 4.98 Å². The normalized spacial score (nSPS) is 12.3. The van der Waals surface area contributed by atoms with E-state index in [9.17, 15) is 5.11 Å². The highest BCUT2D eigenvalue weighted by Gasteiger charge is 2.08. The Balaban J connectivity index is 1.92. The number of nitrogens with zero attached hydrogens (tertiary/aromatic N) is 1. The van der Waals surface area contributed by atoms with Gasteiger partial charge in [0.25, 0.3) is 0 Å². The Labute approximate surface area is 131 Å². The van der Waals surface area contributed by atoms with Crippen LogP contribution in [0.4, 0.5) is 5.69 Å². The maximum atomic E-state index is 9.36. The van der Waals surface area contributed by atoms with Gasteiger partial charge < -0.3 is 10.4 Å². The lowest BCUT2D eigenvalue weighted by Crippen LogP contribution is -2.07. The van der Waals surface area contributed by atoms with Gasteiger partial charge in [0, 0.05) is 22.1 Å². The van der Waals surface area contributed by atoms with Gasteiger partial charge in [0.05, 0.1) is 11.2 Å². The maximum Gasteiger partial charge on any atom is 0.115 e. The Kier molecular flexibility index (Phi) is 3.80. The van der Waals surface area contributed by atoms with Crippen LogP contribution in [0.3, 0.4) is 0 Å². The highest BCUT2D eigenvalue weighted by molar-refractivity contribution is 9.10. The third-order valence-electron chi connectivity index (χ3n) is 3.44. The molecular formula is C17H15BrN2O. The van der Waals surface area contributed by atoms with Crippen molar-refractivity contribution in [1.29, 1.82) is 0 Å². The molecule has 0 aliphatic carbocycles. The fourth-order valence-electron chi connectivity index (χ4n) is 2.33. The van der Waals surface area contributed by atoms with Gasteiger partial charge in [0.2, 0.25) is 0 Å². The van der Waals surface area contributed by atoms with Gasteiger partial charge in [-0.15, -0.1) is 0 Å². The second-order valence-electron chi connectivity index (χ2n) is 4.99. The molecule has 0 amide bonds. The minimum atomic E-state index is 0.127. The van der Waals surface area contributed by atoms with Crippen LogP contribution in [0.25, 0.3) is 10.9 Å². The third-order valence-corrected chi connectivity index (χ3v) is 3.88. The van der Waals surface area contributed by atoms with Crippen molar-refractivity contribution in [2.24, 2.45) is 0 Å². The Bertz CT molecular complexity index is 771. The molecule has 3 nitrogen and oxygen atoms in total. The number of anilines is 1. The molecule has 2 aromatic carbocycles. The van der Waals surface area contributed by atoms with Crippen LogP contribution >= 0.6 is 15.9 Å². The number of phenolic OH excluding ortho intramolecular Hbond substituents is 1. The molecule has 0 aliphatic heterocycles. The van der Waals surface area contributed by atoms with Crippen LogP contribution in [-0.4, -0.2) is 10.1 Å². The number of pyridine rings is 1. The van der Waals surface area contributed by atoms with E-state index < -0.39 is 0 Å². The zero-order chi connectivity index (χ0) is 14.8. The summed E-state index contributed by atoms with van der Waals surface area (Å²) < 4.78 is 0.971. The van der Waals surface area contributed by atoms with Crippen LogP contribution in [0.15, 0.2) is 59.2 Å². The van der Waals surface area contributed by atoms with Gasteiger partial charge >= 0.3 is 0 Å². The van der Waals surface area contributed by atoms with E-state index in [0.717, 1.165) is 26.6 Å². The topological polar surface area (TPSA) is 45.2 Å². The fourth-order valence-corrected chi connectivity index (χ4v) is 2.68. The first-order valence-electron chi connectivity index (χ1n) is 6.73. The van der Waals surface area contributed by atoms with Gasteiger partial charge in [-0.2, -0.15) is 0 Å². The molecule has 0 fully saturated rings. The van der Waals surface area contributed by atoms with E-state index in [1.807, 2.05) is 30.3 Å². The van der Waals surface area contributed by atoms with E-state index in [1.165, 1.54) is 0 Å². The van der Waals surface area contributed by atoms with Crippen LogP contribution in [-0.2, 0) is 0 Å². The first-order chi connectivity index (χ1) is 10.1. The fraction of sp³-hybridized carbons (Fsp3) is 0.118. The summed E-state index contributed by atoms with van der Waals surface area (Å²) in [6, 6.07) is 15.5. The maximum absolute atomic E-state index is 9.36. The summed E-state index contributed by atoms with van der Waals surface area (Å²) in [6.45, 7) is 2.09. The lowest BCUT2D eigenvalue weighted by Gasteiger charge is -2.17. The van der Waals surface area contributed by atoms with Gasteiger partial charge in [-0.1, -0.05) is 24.3 Å². The average molecular weight is 343 g/mol. The number of halogens is 1. The van der Waals surface area contributed by atoms with Crippen molar-refractivity contribution < 1.29 is 5.11 Å². The molecule has 2 N–H and O–H groups in total. The first-order valence-corrected chi connectivity index (χ1v) is 7.52. The van der Waals surface area contributed by atoms with Crippen molar-refractivity contribution in [3.63, 3.8) is 0 Å². The third kappa shape index (κ3) is 3.00. The molecule has 0 saturated carbocycles. The lowest BCUT2D eigenvalue weighted by atomic mass is 10.1. The molecule has 0 aliphatic rings. The predicted octanol–water partition coefficient (Wildman–Crippen LogP) is 4.88. The summed E-state index contributed by atoms with van der Waals surface area (Å²) >= 11 is 3.44. The minimum absolute atomic E-state index is 0.127. The molecule has 1 atom stereocenters. The van der Waals surface area contributed by atoms with Crippen molar-refractivity contribution >= 4 is 32.5 Å². The Hall–Kier alpha value is -2.07. The number of para-hydroxylation sites is 1. The molecular weight excluding hydrogens is 328 g/mol. The first kappa shape index (κ1) is 13.9. The summed E-state index contributed by atoms with van der Waals surface area (Å²) in [6.07, 6.45) is 1.80. The van der Waals surface area contributed by atoms with Gasteiger partial charge in [-0.05, 0) is 52.7 Å². The molecule has 1 unspecified atom stereocenters. The standard InChI is InChI=1S/C17H15BrN2O/c1-11(12-5-7-15(21)8-6-12)20-16-4-2-3-13-9-14(18)10-19-17(13)16/h2-11,20-21H,1H3. The summed E-state index contributed by atoms with van der Waals surface area (Å²) in [5.41, 5.74) is 3.06. The van der Waals surface area contributed by atoms with Crippen molar-refractivity contribution in [3.8, 4) is 5.75 Å². The van der Waals surface area contributed by atoms with Crippen LogP contribution < -0.4 is 5.32 Å². The summed E-state index contributed by atoms with van der Waals surface area (Å²) in [4.78, 5) is 4.49. The van der Waals surface area contributed by atoms with Crippen LogP contribution in [0.1, 0.15) is 18.5 Å². The second-order valence-corrected chi connectivity index (χ2v) is 5.90. The zero-order valence-electron chi connectivity index (χ0n) is 11.5. The van der Waals surface area contributed by atoms with E-state index >= 15 is 0 Å². The molecule has 3 aromatic rings. The number of fused-ring (bicyclic) bond motifs is 1. The van der Waals surface area contributed by atoms with Crippen LogP contribution in [0.5, 0.6) is 5.75 Å². The Morgan fingerprint density at radius 2 is 1.90 bits per heavy atom. The van der Waals surface area contributed by atoms with Gasteiger partial charge in [0.1, 0.15) is 5.75 Å². The smallest absolute Gasteiger partial charge is 0.115 e. The number of hydrogen-bond acceptors (Lipinski definition) is 3. The van der Waals surface area contributed by atoms with E-state index in [0.29, 0.717) is 0 Å². The highest BCUT2D eigenvalue weighted by Crippen LogP contribution is 2.27. The van der Waals surface area contributed by atoms with E-state index in [4.69, 9.17) is 0 Å². The molecule has 1 heterocycles. The van der Waals surface area contributed by atoms with Crippen molar-refractivity contribution in [2.75, 3.05) is 5.32 Å². The Morgan fingerprint density at radius 3 is 2.67 bits per heavy atom. The Morgan fingerprint density at radius 1 is 1.14 bits per heavy atom. The number of phenols is 1. The van der Waals surface area contributed by atoms with Gasteiger partial charge in [0.15, 0.2) is 0 Å². The molecule has 4 heteroatoms. The largest absolute Gasteiger partial charge is 0.508 e. The molecule has 1 aromatic heterocycles. The van der Waals surface area contributed by atoms with E-state index in [-0.39, 0.29) is 11.8 Å². The number of benzene rings is 2. The lowest BCUT2D eigenvalue weighted by molar-refractivity contribution is 0.475. The quantitative estimate of drug-likeness (QED) is 0.713.